The average Bonchev–Trinajstić information content (AvgIpc) is 2.23. The molecular formula is C13H15BrF3NO2. The average molecular weight is 354 g/mol. The van der Waals surface area contributed by atoms with Crippen LogP contribution in [0.25, 0.3) is 0 Å². The van der Waals surface area contributed by atoms with Crippen LogP contribution in [0.1, 0.15) is 20.8 Å². The molecule has 1 aromatic carbocycles. The van der Waals surface area contributed by atoms with Gasteiger partial charge in [-0.1, -0.05) is 15.9 Å². The molecule has 1 rings (SSSR count). The molecule has 0 radical (unpaired) electrons. The molecule has 0 aliphatic carbocycles. The van der Waals surface area contributed by atoms with Gasteiger partial charge in [-0.3, -0.25) is 4.90 Å². The van der Waals surface area contributed by atoms with E-state index in [2.05, 4.69) is 15.9 Å². The molecule has 0 fully saturated rings. The minimum atomic E-state index is -4.51. The Morgan fingerprint density at radius 2 is 1.70 bits per heavy atom. The summed E-state index contributed by atoms with van der Waals surface area (Å²) >= 11 is 3.18. The van der Waals surface area contributed by atoms with Crippen molar-refractivity contribution in [3.8, 4) is 0 Å². The molecule has 0 heterocycles. The number of carbonyl (C=O) groups excluding carboxylic acids is 1. The third kappa shape index (κ3) is 5.81. The second-order valence-corrected chi connectivity index (χ2v) is 6.07. The van der Waals surface area contributed by atoms with Gasteiger partial charge in [0, 0.05) is 10.2 Å². The molecule has 0 N–H and O–H groups in total. The van der Waals surface area contributed by atoms with E-state index in [4.69, 9.17) is 4.74 Å². The molecule has 0 aliphatic heterocycles. The molecule has 0 spiro atoms. The molecule has 0 unspecified atom stereocenters. The lowest BCUT2D eigenvalue weighted by Crippen LogP contribution is -2.42. The fraction of sp³-hybridized carbons (Fsp3) is 0.462. The first-order valence-electron chi connectivity index (χ1n) is 5.81. The van der Waals surface area contributed by atoms with E-state index in [9.17, 15) is 18.0 Å². The van der Waals surface area contributed by atoms with E-state index >= 15 is 0 Å². The fourth-order valence-electron chi connectivity index (χ4n) is 1.38. The summed E-state index contributed by atoms with van der Waals surface area (Å²) in [6.07, 6.45) is -5.54. The van der Waals surface area contributed by atoms with Crippen molar-refractivity contribution in [1.29, 1.82) is 0 Å². The molecule has 1 aromatic rings. The van der Waals surface area contributed by atoms with Crippen molar-refractivity contribution >= 4 is 27.7 Å². The SMILES string of the molecule is CC(C)(C)OC(=O)N(CC(F)(F)F)c1ccc(Br)cc1. The van der Waals surface area contributed by atoms with Crippen LogP contribution < -0.4 is 4.90 Å². The molecule has 0 saturated heterocycles. The van der Waals surface area contributed by atoms with Crippen LogP contribution in [-0.2, 0) is 4.74 Å². The Kier molecular flexibility index (Phi) is 5.07. The minimum absolute atomic E-state index is 0.125. The molecule has 112 valence electrons. The van der Waals surface area contributed by atoms with Gasteiger partial charge < -0.3 is 4.74 Å². The summed E-state index contributed by atoms with van der Waals surface area (Å²) in [5.41, 5.74) is -0.740. The van der Waals surface area contributed by atoms with Gasteiger partial charge >= 0.3 is 12.3 Å². The van der Waals surface area contributed by atoms with Crippen LogP contribution in [0.5, 0.6) is 0 Å². The van der Waals surface area contributed by atoms with Crippen molar-refractivity contribution in [3.05, 3.63) is 28.7 Å². The zero-order chi connectivity index (χ0) is 15.6. The molecule has 0 bridgehead atoms. The highest BCUT2D eigenvalue weighted by Crippen LogP contribution is 2.25. The van der Waals surface area contributed by atoms with Gasteiger partial charge in [-0.05, 0) is 45.0 Å². The Morgan fingerprint density at radius 1 is 1.20 bits per heavy atom. The number of halogens is 4. The van der Waals surface area contributed by atoms with Crippen LogP contribution in [0.4, 0.5) is 23.7 Å². The Labute approximate surface area is 123 Å². The number of rotatable bonds is 2. The first kappa shape index (κ1) is 16.8. The summed E-state index contributed by atoms with van der Waals surface area (Å²) in [6.45, 7) is 3.39. The number of carbonyl (C=O) groups is 1. The third-order valence-corrected chi connectivity index (χ3v) is 2.62. The predicted octanol–water partition coefficient (Wildman–Crippen LogP) is 4.75. The molecule has 3 nitrogen and oxygen atoms in total. The van der Waals surface area contributed by atoms with Gasteiger partial charge in [-0.2, -0.15) is 13.2 Å². The standard InChI is InChI=1S/C13H15BrF3NO2/c1-12(2,3)20-11(19)18(8-13(15,16)17)10-6-4-9(14)5-7-10/h4-7H,8H2,1-3H3. The van der Waals surface area contributed by atoms with Crippen LogP contribution in [-0.4, -0.2) is 24.4 Å². The van der Waals surface area contributed by atoms with Gasteiger partial charge in [0.2, 0.25) is 0 Å². The van der Waals surface area contributed by atoms with Crippen LogP contribution in [0, 0.1) is 0 Å². The quantitative estimate of drug-likeness (QED) is 0.767. The lowest BCUT2D eigenvalue weighted by atomic mass is 10.2. The highest BCUT2D eigenvalue weighted by molar-refractivity contribution is 9.10. The Morgan fingerprint density at radius 3 is 2.10 bits per heavy atom. The zero-order valence-electron chi connectivity index (χ0n) is 11.3. The van der Waals surface area contributed by atoms with Crippen molar-refractivity contribution in [3.63, 3.8) is 0 Å². The second-order valence-electron chi connectivity index (χ2n) is 5.16. The smallest absolute Gasteiger partial charge is 0.415 e. The maximum Gasteiger partial charge on any atom is 0.415 e. The van der Waals surface area contributed by atoms with E-state index in [1.165, 1.54) is 12.1 Å². The Balaban J connectivity index is 3.02. The van der Waals surface area contributed by atoms with Gasteiger partial charge in [0.1, 0.15) is 12.1 Å². The van der Waals surface area contributed by atoms with Crippen LogP contribution in [0.15, 0.2) is 28.7 Å². The van der Waals surface area contributed by atoms with Crippen molar-refractivity contribution in [2.45, 2.75) is 32.5 Å². The van der Waals surface area contributed by atoms with Crippen LogP contribution in [0.2, 0.25) is 0 Å². The van der Waals surface area contributed by atoms with Gasteiger partial charge in [-0.15, -0.1) is 0 Å². The molecule has 1 amide bonds. The van der Waals surface area contributed by atoms with Crippen molar-refractivity contribution in [2.75, 3.05) is 11.4 Å². The van der Waals surface area contributed by atoms with Crippen molar-refractivity contribution in [1.82, 2.24) is 0 Å². The number of ether oxygens (including phenoxy) is 1. The van der Waals surface area contributed by atoms with Crippen LogP contribution in [0.3, 0.4) is 0 Å². The minimum Gasteiger partial charge on any atom is -0.443 e. The first-order chi connectivity index (χ1) is 8.98. The largest absolute Gasteiger partial charge is 0.443 e. The molecule has 20 heavy (non-hydrogen) atoms. The van der Waals surface area contributed by atoms with E-state index in [0.717, 1.165) is 0 Å². The summed E-state index contributed by atoms with van der Waals surface area (Å²) < 4.78 is 43.5. The monoisotopic (exact) mass is 353 g/mol. The summed E-state index contributed by atoms with van der Waals surface area (Å²) in [6, 6.07) is 5.95. The van der Waals surface area contributed by atoms with E-state index in [1.807, 2.05) is 0 Å². The maximum absolute atomic E-state index is 12.6. The number of hydrogen-bond donors (Lipinski definition) is 0. The summed E-state index contributed by atoms with van der Waals surface area (Å²) in [7, 11) is 0. The van der Waals surface area contributed by atoms with E-state index in [0.29, 0.717) is 9.37 Å². The van der Waals surface area contributed by atoms with Crippen molar-refractivity contribution < 1.29 is 22.7 Å². The third-order valence-electron chi connectivity index (χ3n) is 2.09. The van der Waals surface area contributed by atoms with Gasteiger partial charge in [0.15, 0.2) is 0 Å². The number of amides is 1. The Bertz CT molecular complexity index is 466. The summed E-state index contributed by atoms with van der Waals surface area (Å²) in [5, 5.41) is 0. The number of hydrogen-bond acceptors (Lipinski definition) is 2. The maximum atomic E-state index is 12.6. The van der Waals surface area contributed by atoms with Gasteiger partial charge in [-0.25, -0.2) is 4.79 Å². The zero-order valence-corrected chi connectivity index (χ0v) is 12.9. The van der Waals surface area contributed by atoms with Crippen LogP contribution >= 0.6 is 15.9 Å². The topological polar surface area (TPSA) is 29.5 Å². The van der Waals surface area contributed by atoms with E-state index in [1.54, 1.807) is 32.9 Å². The lowest BCUT2D eigenvalue weighted by Gasteiger charge is -2.28. The molecule has 7 heteroatoms. The highest BCUT2D eigenvalue weighted by atomic mass is 79.9. The fourth-order valence-corrected chi connectivity index (χ4v) is 1.64. The highest BCUT2D eigenvalue weighted by Gasteiger charge is 2.35. The Hall–Kier alpha value is -1.24. The molecule has 0 aromatic heterocycles. The van der Waals surface area contributed by atoms with E-state index < -0.39 is 24.4 Å². The number of anilines is 1. The summed E-state index contributed by atoms with van der Waals surface area (Å²) in [5.74, 6) is 0. The molecule has 0 saturated carbocycles. The number of nitrogens with zero attached hydrogens (tertiary/aromatic N) is 1. The lowest BCUT2D eigenvalue weighted by molar-refractivity contribution is -0.119. The number of benzene rings is 1. The summed E-state index contributed by atoms with van der Waals surface area (Å²) in [4.78, 5) is 12.5. The number of alkyl halides is 3. The molecule has 0 aliphatic rings. The molecule has 0 atom stereocenters. The normalized spacial score (nSPS) is 12.2. The van der Waals surface area contributed by atoms with Crippen molar-refractivity contribution in [2.24, 2.45) is 0 Å². The van der Waals surface area contributed by atoms with E-state index in [-0.39, 0.29) is 5.69 Å². The molecular weight excluding hydrogens is 339 g/mol. The first-order valence-corrected chi connectivity index (χ1v) is 6.60. The van der Waals surface area contributed by atoms with Gasteiger partial charge in [0.25, 0.3) is 0 Å². The van der Waals surface area contributed by atoms with Gasteiger partial charge in [0.05, 0.1) is 0 Å². The predicted molar refractivity (Wildman–Crippen MR) is 73.8 cm³/mol. The second kappa shape index (κ2) is 6.03.